The van der Waals surface area contributed by atoms with Crippen LogP contribution >= 0.6 is 0 Å². The van der Waals surface area contributed by atoms with Gasteiger partial charge in [-0.3, -0.25) is 9.47 Å². The standard InChI is InChI=1S/C13H16N2O3/c1-13(17)8-14(9-13)6-7-15-10-4-2-3-5-11(10)18-12(15)16/h2-5,17H,6-9H2,1H3. The molecule has 2 heterocycles. The molecular weight excluding hydrogens is 232 g/mol. The molecule has 5 nitrogen and oxygen atoms in total. The van der Waals surface area contributed by atoms with Gasteiger partial charge in [0, 0.05) is 26.2 Å². The van der Waals surface area contributed by atoms with Crippen LogP contribution in [0.4, 0.5) is 0 Å². The maximum Gasteiger partial charge on any atom is 0.419 e. The summed E-state index contributed by atoms with van der Waals surface area (Å²) in [6.45, 7) is 4.49. The lowest BCUT2D eigenvalue weighted by Gasteiger charge is -2.44. The molecule has 1 aliphatic heterocycles. The summed E-state index contributed by atoms with van der Waals surface area (Å²) in [7, 11) is 0. The topological polar surface area (TPSA) is 58.6 Å². The molecule has 5 heteroatoms. The zero-order valence-corrected chi connectivity index (χ0v) is 10.3. The van der Waals surface area contributed by atoms with Crippen molar-refractivity contribution in [3.05, 3.63) is 34.8 Å². The molecule has 0 aliphatic carbocycles. The lowest BCUT2D eigenvalue weighted by molar-refractivity contribution is -0.0839. The van der Waals surface area contributed by atoms with Gasteiger partial charge in [-0.1, -0.05) is 12.1 Å². The zero-order valence-electron chi connectivity index (χ0n) is 10.3. The molecule has 0 unspecified atom stereocenters. The van der Waals surface area contributed by atoms with Crippen molar-refractivity contribution in [2.75, 3.05) is 19.6 Å². The first kappa shape index (κ1) is 11.5. The average molecular weight is 248 g/mol. The van der Waals surface area contributed by atoms with Crippen LogP contribution < -0.4 is 5.76 Å². The Morgan fingerprint density at radius 3 is 2.78 bits per heavy atom. The fourth-order valence-electron chi connectivity index (χ4n) is 2.54. The number of β-amino-alcohol motifs (C(OH)–C–C–N with tert-alkyl or cyclic N) is 1. The second-order valence-electron chi connectivity index (χ2n) is 5.19. The van der Waals surface area contributed by atoms with Crippen molar-refractivity contribution >= 4 is 11.1 Å². The highest BCUT2D eigenvalue weighted by molar-refractivity contribution is 5.72. The lowest BCUT2D eigenvalue weighted by Crippen LogP contribution is -2.60. The summed E-state index contributed by atoms with van der Waals surface area (Å²) in [5.41, 5.74) is 0.886. The largest absolute Gasteiger partial charge is 0.419 e. The summed E-state index contributed by atoms with van der Waals surface area (Å²) in [5.74, 6) is -0.316. The maximum absolute atomic E-state index is 11.7. The molecule has 0 amide bonds. The van der Waals surface area contributed by atoms with Gasteiger partial charge < -0.3 is 9.52 Å². The molecule has 0 bridgehead atoms. The predicted molar refractivity (Wildman–Crippen MR) is 67.5 cm³/mol. The van der Waals surface area contributed by atoms with Crippen LogP contribution in [-0.2, 0) is 6.54 Å². The highest BCUT2D eigenvalue weighted by Gasteiger charge is 2.35. The summed E-state index contributed by atoms with van der Waals surface area (Å²) >= 11 is 0. The van der Waals surface area contributed by atoms with Crippen LogP contribution in [0, 0.1) is 0 Å². The third kappa shape index (κ3) is 1.95. The number of hydrogen-bond donors (Lipinski definition) is 1. The molecule has 18 heavy (non-hydrogen) atoms. The average Bonchev–Trinajstić information content (AvgIpc) is 2.59. The minimum absolute atomic E-state index is 0.316. The van der Waals surface area contributed by atoms with Crippen molar-refractivity contribution < 1.29 is 9.52 Å². The zero-order chi connectivity index (χ0) is 12.8. The number of rotatable bonds is 3. The number of aromatic nitrogens is 1. The molecule has 3 rings (SSSR count). The molecule has 1 aliphatic rings. The number of oxazole rings is 1. The molecule has 96 valence electrons. The Balaban J connectivity index is 1.75. The number of aliphatic hydroxyl groups is 1. The van der Waals surface area contributed by atoms with E-state index in [0.717, 1.165) is 12.1 Å². The van der Waals surface area contributed by atoms with Gasteiger partial charge in [-0.15, -0.1) is 0 Å². The van der Waals surface area contributed by atoms with Crippen molar-refractivity contribution in [1.29, 1.82) is 0 Å². The lowest BCUT2D eigenvalue weighted by atomic mass is 9.97. The van der Waals surface area contributed by atoms with Gasteiger partial charge in [0.1, 0.15) is 0 Å². The van der Waals surface area contributed by atoms with Crippen molar-refractivity contribution in [2.24, 2.45) is 0 Å². The van der Waals surface area contributed by atoms with E-state index in [9.17, 15) is 9.90 Å². The number of hydrogen-bond acceptors (Lipinski definition) is 4. The normalized spacial score (nSPS) is 19.0. The molecule has 1 N–H and O–H groups in total. The van der Waals surface area contributed by atoms with Gasteiger partial charge in [-0.05, 0) is 19.1 Å². The molecule has 1 fully saturated rings. The molecule has 0 saturated carbocycles. The van der Waals surface area contributed by atoms with Gasteiger partial charge in [0.05, 0.1) is 11.1 Å². The first-order chi connectivity index (χ1) is 8.55. The Kier molecular flexibility index (Phi) is 2.53. The van der Waals surface area contributed by atoms with Crippen molar-refractivity contribution in [3.8, 4) is 0 Å². The molecule has 1 aromatic carbocycles. The minimum Gasteiger partial charge on any atom is -0.408 e. The second-order valence-corrected chi connectivity index (χ2v) is 5.19. The number of benzene rings is 1. The van der Waals surface area contributed by atoms with E-state index >= 15 is 0 Å². The number of likely N-dealkylation sites (tertiary alicyclic amines) is 1. The molecule has 0 spiro atoms. The molecule has 1 saturated heterocycles. The summed E-state index contributed by atoms with van der Waals surface area (Å²) < 4.78 is 6.80. The van der Waals surface area contributed by atoms with Gasteiger partial charge in [0.15, 0.2) is 5.58 Å². The quantitative estimate of drug-likeness (QED) is 0.867. The summed E-state index contributed by atoms with van der Waals surface area (Å²) in [4.78, 5) is 13.8. The number of nitrogens with zero attached hydrogens (tertiary/aromatic N) is 2. The molecule has 0 radical (unpaired) electrons. The smallest absolute Gasteiger partial charge is 0.408 e. The Hall–Kier alpha value is -1.59. The Labute approximate surface area is 104 Å². The first-order valence-corrected chi connectivity index (χ1v) is 6.08. The van der Waals surface area contributed by atoms with E-state index < -0.39 is 5.60 Å². The van der Waals surface area contributed by atoms with E-state index in [2.05, 4.69) is 4.90 Å². The van der Waals surface area contributed by atoms with E-state index in [1.165, 1.54) is 0 Å². The SMILES string of the molecule is CC1(O)CN(CCn2c(=O)oc3ccccc32)C1. The Morgan fingerprint density at radius 2 is 2.06 bits per heavy atom. The van der Waals surface area contributed by atoms with Crippen molar-refractivity contribution in [2.45, 2.75) is 19.1 Å². The Bertz CT molecular complexity index is 618. The molecular formula is C13H16N2O3. The first-order valence-electron chi connectivity index (χ1n) is 6.08. The highest BCUT2D eigenvalue weighted by atomic mass is 16.4. The van der Waals surface area contributed by atoms with Crippen LogP contribution in [0.15, 0.2) is 33.5 Å². The van der Waals surface area contributed by atoms with Crippen LogP contribution in [-0.4, -0.2) is 39.8 Å². The third-order valence-electron chi connectivity index (χ3n) is 3.34. The third-order valence-corrected chi connectivity index (χ3v) is 3.34. The summed E-state index contributed by atoms with van der Waals surface area (Å²) in [6.07, 6.45) is 0. The molecule has 0 atom stereocenters. The predicted octanol–water partition coefficient (Wildman–Crippen LogP) is 0.661. The van der Waals surface area contributed by atoms with Crippen LogP contribution in [0.2, 0.25) is 0 Å². The van der Waals surface area contributed by atoms with Gasteiger partial charge >= 0.3 is 5.76 Å². The second kappa shape index (κ2) is 3.96. The number of fused-ring (bicyclic) bond motifs is 1. The Morgan fingerprint density at radius 1 is 1.33 bits per heavy atom. The van der Waals surface area contributed by atoms with E-state index in [-0.39, 0.29) is 5.76 Å². The van der Waals surface area contributed by atoms with Crippen LogP contribution in [0.5, 0.6) is 0 Å². The molecule has 2 aromatic rings. The van der Waals surface area contributed by atoms with Crippen LogP contribution in [0.25, 0.3) is 11.1 Å². The van der Waals surface area contributed by atoms with Gasteiger partial charge in [0.25, 0.3) is 0 Å². The maximum atomic E-state index is 11.7. The fraction of sp³-hybridized carbons (Fsp3) is 0.462. The van der Waals surface area contributed by atoms with Gasteiger partial charge in [0.2, 0.25) is 0 Å². The van der Waals surface area contributed by atoms with Crippen LogP contribution in [0.1, 0.15) is 6.92 Å². The minimum atomic E-state index is -0.566. The van der Waals surface area contributed by atoms with E-state index in [1.54, 1.807) is 10.6 Å². The van der Waals surface area contributed by atoms with Gasteiger partial charge in [-0.25, -0.2) is 4.79 Å². The highest BCUT2D eigenvalue weighted by Crippen LogP contribution is 2.19. The molecule has 1 aromatic heterocycles. The fourth-order valence-corrected chi connectivity index (χ4v) is 2.54. The van der Waals surface area contributed by atoms with Crippen molar-refractivity contribution in [3.63, 3.8) is 0 Å². The van der Waals surface area contributed by atoms with Crippen LogP contribution in [0.3, 0.4) is 0 Å². The number of para-hydroxylation sites is 2. The van der Waals surface area contributed by atoms with E-state index in [4.69, 9.17) is 4.42 Å². The van der Waals surface area contributed by atoms with Gasteiger partial charge in [-0.2, -0.15) is 0 Å². The van der Waals surface area contributed by atoms with E-state index in [0.29, 0.717) is 25.2 Å². The monoisotopic (exact) mass is 248 g/mol. The summed E-state index contributed by atoms with van der Waals surface area (Å²) in [5, 5.41) is 9.64. The summed E-state index contributed by atoms with van der Waals surface area (Å²) in [6, 6.07) is 7.42. The van der Waals surface area contributed by atoms with Crippen molar-refractivity contribution in [1.82, 2.24) is 9.47 Å². The van der Waals surface area contributed by atoms with E-state index in [1.807, 2.05) is 25.1 Å².